The Morgan fingerprint density at radius 1 is 0.880 bits per heavy atom. The van der Waals surface area contributed by atoms with E-state index in [1.54, 1.807) is 42.2 Å². The van der Waals surface area contributed by atoms with E-state index >= 15 is 0 Å². The van der Waals surface area contributed by atoms with Gasteiger partial charge in [-0.2, -0.15) is 0 Å². The third kappa shape index (κ3) is 7.84. The molecule has 4 unspecified atom stereocenters. The summed E-state index contributed by atoms with van der Waals surface area (Å²) < 4.78 is 17.2. The highest BCUT2D eigenvalue weighted by molar-refractivity contribution is 6.10. The Morgan fingerprint density at radius 3 is 2.08 bits per heavy atom. The second-order valence-electron chi connectivity index (χ2n) is 13.4. The van der Waals surface area contributed by atoms with E-state index in [1.807, 2.05) is 52.0 Å². The number of Topliss-reactive ketones (excluding diaryl/α,β-unsaturated/α-hetero) is 1. The molecule has 1 saturated carbocycles. The lowest BCUT2D eigenvalue weighted by atomic mass is 9.61. The van der Waals surface area contributed by atoms with Crippen molar-refractivity contribution >= 4 is 34.9 Å². The van der Waals surface area contributed by atoms with Gasteiger partial charge in [-0.05, 0) is 93.6 Å². The van der Waals surface area contributed by atoms with Crippen LogP contribution in [0.25, 0.3) is 0 Å². The summed E-state index contributed by atoms with van der Waals surface area (Å²) in [4.78, 5) is 57.0. The summed E-state index contributed by atoms with van der Waals surface area (Å²) in [5, 5.41) is 17.8. The number of nitrogens with one attached hydrogen (secondary N) is 2. The first-order valence-corrected chi connectivity index (χ1v) is 17.1. The number of amides is 3. The van der Waals surface area contributed by atoms with Gasteiger partial charge in [0.05, 0.1) is 31.3 Å². The van der Waals surface area contributed by atoms with Crippen LogP contribution in [0.1, 0.15) is 54.0 Å². The summed E-state index contributed by atoms with van der Waals surface area (Å²) in [7, 11) is 0. The zero-order valence-electron chi connectivity index (χ0n) is 29.6. The third-order valence-corrected chi connectivity index (χ3v) is 9.92. The number of morpholine rings is 1. The average Bonchev–Trinajstić information content (AvgIpc) is 3.07. The van der Waals surface area contributed by atoms with Gasteiger partial charge in [-0.25, -0.2) is 0 Å². The number of hydrogen-bond acceptors (Lipinski definition) is 8. The fourth-order valence-corrected chi connectivity index (χ4v) is 6.85. The Kier molecular flexibility index (Phi) is 11.3. The molecular weight excluding hydrogens is 638 g/mol. The minimum Gasteiger partial charge on any atom is -0.490 e. The molecule has 0 bridgehead atoms. The van der Waals surface area contributed by atoms with Crippen LogP contribution in [0.15, 0.2) is 54.6 Å². The number of aliphatic hydroxyl groups is 1. The molecule has 3 aromatic rings. The van der Waals surface area contributed by atoms with Gasteiger partial charge in [0.25, 0.3) is 5.91 Å². The normalized spacial score (nSPS) is 22.1. The van der Waals surface area contributed by atoms with Gasteiger partial charge in [-0.3, -0.25) is 19.2 Å². The lowest BCUT2D eigenvalue weighted by Gasteiger charge is -2.44. The molecule has 50 heavy (non-hydrogen) atoms. The number of aryl methyl sites for hydroxylation is 2. The molecule has 1 saturated heterocycles. The van der Waals surface area contributed by atoms with E-state index < -0.39 is 47.4 Å². The number of ketones is 1. The van der Waals surface area contributed by atoms with Crippen molar-refractivity contribution in [3.05, 3.63) is 82.4 Å². The van der Waals surface area contributed by atoms with Gasteiger partial charge in [0, 0.05) is 36.8 Å². The van der Waals surface area contributed by atoms with Crippen molar-refractivity contribution in [1.29, 1.82) is 0 Å². The van der Waals surface area contributed by atoms with Crippen molar-refractivity contribution in [2.24, 2.45) is 11.8 Å². The Labute approximate surface area is 293 Å². The van der Waals surface area contributed by atoms with Crippen LogP contribution in [0.3, 0.4) is 0 Å². The highest BCUT2D eigenvalue weighted by atomic mass is 16.5. The van der Waals surface area contributed by atoms with Gasteiger partial charge in [0.15, 0.2) is 18.1 Å². The zero-order chi connectivity index (χ0) is 36.2. The van der Waals surface area contributed by atoms with Gasteiger partial charge >= 0.3 is 0 Å². The molecule has 11 heteroatoms. The predicted octanol–water partition coefficient (Wildman–Crippen LogP) is 4.87. The molecule has 5 rings (SSSR count). The highest BCUT2D eigenvalue weighted by Crippen LogP contribution is 2.48. The largest absolute Gasteiger partial charge is 0.490 e. The Balaban J connectivity index is 1.56. The Hall–Kier alpha value is -4.74. The first-order chi connectivity index (χ1) is 23.8. The SMILES string of the molecule is CCOc1cc(C2C(C(=O)Nc3cccc(C)c3C)C(=O)CC(C)(O)C2C(=O)Nc2cccc(C)c2C)ccc1OCC(=O)N1CCOCC1. The first-order valence-electron chi connectivity index (χ1n) is 17.1. The van der Waals surface area contributed by atoms with Crippen LogP contribution in [0, 0.1) is 39.5 Å². The van der Waals surface area contributed by atoms with E-state index in [9.17, 15) is 24.3 Å². The number of hydrogen-bond donors (Lipinski definition) is 3. The molecule has 3 amide bonds. The maximum Gasteiger partial charge on any atom is 0.260 e. The highest BCUT2D eigenvalue weighted by Gasteiger charge is 2.56. The molecule has 0 radical (unpaired) electrons. The summed E-state index contributed by atoms with van der Waals surface area (Å²) in [6.07, 6.45) is -0.400. The molecular formula is C39H47N3O8. The quantitative estimate of drug-likeness (QED) is 0.257. The Morgan fingerprint density at radius 2 is 1.48 bits per heavy atom. The molecule has 4 atom stereocenters. The van der Waals surface area contributed by atoms with Gasteiger partial charge in [0.1, 0.15) is 11.7 Å². The molecule has 1 aliphatic heterocycles. The molecule has 11 nitrogen and oxygen atoms in total. The van der Waals surface area contributed by atoms with E-state index in [-0.39, 0.29) is 24.9 Å². The van der Waals surface area contributed by atoms with Crippen molar-refractivity contribution in [2.75, 3.05) is 50.2 Å². The summed E-state index contributed by atoms with van der Waals surface area (Å²) in [5.41, 5.74) is 3.40. The predicted molar refractivity (Wildman–Crippen MR) is 190 cm³/mol. The number of carbonyl (C=O) groups excluding carboxylic acids is 4. The summed E-state index contributed by atoms with van der Waals surface area (Å²) >= 11 is 0. The van der Waals surface area contributed by atoms with Crippen LogP contribution < -0.4 is 20.1 Å². The average molecular weight is 686 g/mol. The van der Waals surface area contributed by atoms with E-state index in [1.165, 1.54) is 6.92 Å². The second kappa shape index (κ2) is 15.4. The van der Waals surface area contributed by atoms with Crippen molar-refractivity contribution < 1.29 is 38.5 Å². The van der Waals surface area contributed by atoms with Crippen molar-refractivity contribution in [2.45, 2.75) is 59.5 Å². The van der Waals surface area contributed by atoms with Gasteiger partial charge in [-0.15, -0.1) is 0 Å². The fraction of sp³-hybridized carbons (Fsp3) is 0.436. The lowest BCUT2D eigenvalue weighted by molar-refractivity contribution is -0.151. The maximum absolute atomic E-state index is 14.3. The van der Waals surface area contributed by atoms with Crippen LogP contribution >= 0.6 is 0 Å². The number of ether oxygens (including phenoxy) is 3. The minimum absolute atomic E-state index is 0.194. The topological polar surface area (TPSA) is 144 Å². The van der Waals surface area contributed by atoms with Crippen LogP contribution in [-0.4, -0.2) is 78.6 Å². The standard InChI is InChI=1S/C39H47N3O8/c1-7-49-32-20-27(14-15-31(32)50-22-33(44)42-16-18-48-19-17-42)34-35(37(45)40-28-12-8-10-23(2)25(28)4)30(43)21-39(6,47)36(34)38(46)41-29-13-9-11-24(3)26(29)5/h8-15,20,34-36,47H,7,16-19,21-22H2,1-6H3,(H,40,45)(H,41,46). The molecule has 0 spiro atoms. The molecule has 266 valence electrons. The number of carbonyl (C=O) groups is 4. The smallest absolute Gasteiger partial charge is 0.260 e. The number of benzene rings is 3. The number of nitrogens with zero attached hydrogens (tertiary/aromatic N) is 1. The van der Waals surface area contributed by atoms with E-state index in [4.69, 9.17) is 14.2 Å². The van der Waals surface area contributed by atoms with Crippen molar-refractivity contribution in [3.63, 3.8) is 0 Å². The van der Waals surface area contributed by atoms with Crippen LogP contribution in [0.2, 0.25) is 0 Å². The number of anilines is 2. The molecule has 2 aliphatic rings. The van der Waals surface area contributed by atoms with E-state index in [2.05, 4.69) is 10.6 Å². The fourth-order valence-electron chi connectivity index (χ4n) is 6.85. The van der Waals surface area contributed by atoms with Crippen LogP contribution in [0.5, 0.6) is 11.5 Å². The first kappa shape index (κ1) is 36.5. The molecule has 2 fully saturated rings. The molecule has 1 heterocycles. The molecule has 0 aromatic heterocycles. The number of rotatable bonds is 10. The van der Waals surface area contributed by atoms with Gasteiger partial charge < -0.3 is 34.9 Å². The van der Waals surface area contributed by atoms with Gasteiger partial charge in [0.2, 0.25) is 11.8 Å². The zero-order valence-corrected chi connectivity index (χ0v) is 29.6. The summed E-state index contributed by atoms with van der Waals surface area (Å²) in [6.45, 7) is 12.8. The summed E-state index contributed by atoms with van der Waals surface area (Å²) in [6, 6.07) is 16.0. The van der Waals surface area contributed by atoms with Crippen molar-refractivity contribution in [3.8, 4) is 11.5 Å². The minimum atomic E-state index is -1.80. The van der Waals surface area contributed by atoms with Crippen molar-refractivity contribution in [1.82, 2.24) is 4.90 Å². The monoisotopic (exact) mass is 685 g/mol. The molecule has 3 N–H and O–H groups in total. The van der Waals surface area contributed by atoms with E-state index in [0.29, 0.717) is 49.0 Å². The van der Waals surface area contributed by atoms with Crippen LogP contribution in [-0.2, 0) is 23.9 Å². The second-order valence-corrected chi connectivity index (χ2v) is 13.4. The summed E-state index contributed by atoms with van der Waals surface area (Å²) in [5.74, 6) is -4.87. The van der Waals surface area contributed by atoms with Crippen LogP contribution in [0.4, 0.5) is 11.4 Å². The lowest BCUT2D eigenvalue weighted by Crippen LogP contribution is -2.56. The van der Waals surface area contributed by atoms with Gasteiger partial charge in [-0.1, -0.05) is 30.3 Å². The maximum atomic E-state index is 14.3. The third-order valence-electron chi connectivity index (χ3n) is 9.92. The molecule has 3 aromatic carbocycles. The Bertz CT molecular complexity index is 1760. The molecule has 1 aliphatic carbocycles. The van der Waals surface area contributed by atoms with E-state index in [0.717, 1.165) is 22.3 Å².